The topological polar surface area (TPSA) is 115 Å². The van der Waals surface area contributed by atoms with E-state index in [4.69, 9.17) is 9.47 Å². The van der Waals surface area contributed by atoms with E-state index < -0.39 is 17.2 Å². The molecule has 11 nitrogen and oxygen atoms in total. The molecule has 13 heteroatoms. The van der Waals surface area contributed by atoms with E-state index in [2.05, 4.69) is 36.7 Å². The Labute approximate surface area is 309 Å². The van der Waals surface area contributed by atoms with Crippen molar-refractivity contribution >= 4 is 40.1 Å². The highest BCUT2D eigenvalue weighted by Gasteiger charge is 2.31. The first kappa shape index (κ1) is 36.6. The van der Waals surface area contributed by atoms with Gasteiger partial charge < -0.3 is 29.9 Å². The summed E-state index contributed by atoms with van der Waals surface area (Å²) in [5.41, 5.74) is 3.91. The number of carbonyl (C=O) groups is 2. The van der Waals surface area contributed by atoms with E-state index in [-0.39, 0.29) is 18.0 Å². The van der Waals surface area contributed by atoms with Gasteiger partial charge in [-0.25, -0.2) is 13.6 Å². The average molecular weight is 730 g/mol. The maximum absolute atomic E-state index is 13.9. The Morgan fingerprint density at radius 1 is 0.887 bits per heavy atom. The normalized spacial score (nSPS) is 18.0. The molecule has 0 spiro atoms. The number of H-pyrrole nitrogens is 1. The van der Waals surface area contributed by atoms with Crippen LogP contribution in [0.1, 0.15) is 67.9 Å². The Morgan fingerprint density at radius 3 is 2.30 bits per heavy atom. The number of amides is 2. The summed E-state index contributed by atoms with van der Waals surface area (Å²) in [5.74, 6) is -1.15. The second kappa shape index (κ2) is 15.7. The van der Waals surface area contributed by atoms with E-state index in [1.54, 1.807) is 0 Å². The van der Waals surface area contributed by atoms with Crippen molar-refractivity contribution in [3.63, 3.8) is 0 Å². The van der Waals surface area contributed by atoms with Gasteiger partial charge in [-0.2, -0.15) is 5.10 Å². The summed E-state index contributed by atoms with van der Waals surface area (Å²) in [7, 11) is 0. The van der Waals surface area contributed by atoms with E-state index in [1.807, 2.05) is 56.0 Å². The van der Waals surface area contributed by atoms with Crippen molar-refractivity contribution < 1.29 is 27.8 Å². The predicted octanol–water partition coefficient (Wildman–Crippen LogP) is 6.80. The number of halogens is 2. The molecular formula is C40H49F2N7O4. The van der Waals surface area contributed by atoms with Crippen molar-refractivity contribution in [1.29, 1.82) is 0 Å². The number of hydrogen-bond donors (Lipinski definition) is 3. The zero-order valence-corrected chi connectivity index (χ0v) is 30.7. The number of nitrogens with zero attached hydrogens (tertiary/aromatic N) is 4. The molecule has 3 aliphatic heterocycles. The lowest BCUT2D eigenvalue weighted by Crippen LogP contribution is -2.54. The van der Waals surface area contributed by atoms with Gasteiger partial charge in [-0.05, 0) is 106 Å². The summed E-state index contributed by atoms with van der Waals surface area (Å²) >= 11 is 0. The number of hydrogen-bond acceptors (Lipinski definition) is 8. The monoisotopic (exact) mass is 729 g/mol. The molecule has 7 rings (SSSR count). The second-order valence-corrected chi connectivity index (χ2v) is 15.3. The number of nitrogens with one attached hydrogen (secondary N) is 3. The van der Waals surface area contributed by atoms with Crippen molar-refractivity contribution in [1.82, 2.24) is 20.0 Å². The lowest BCUT2D eigenvalue weighted by atomic mass is 10.0. The van der Waals surface area contributed by atoms with Crippen LogP contribution in [0.25, 0.3) is 10.9 Å². The molecule has 3 saturated heterocycles. The maximum atomic E-state index is 13.9. The van der Waals surface area contributed by atoms with Gasteiger partial charge >= 0.3 is 6.09 Å². The van der Waals surface area contributed by atoms with Gasteiger partial charge in [-0.1, -0.05) is 6.07 Å². The molecule has 0 atom stereocenters. The third kappa shape index (κ3) is 9.08. The number of fused-ring (bicyclic) bond motifs is 1. The number of carbonyl (C=O) groups excluding carboxylic acids is 2. The molecule has 1 aromatic heterocycles. The molecule has 0 bridgehead atoms. The first-order chi connectivity index (χ1) is 25.5. The summed E-state index contributed by atoms with van der Waals surface area (Å²) < 4.78 is 38.8. The minimum Gasteiger partial charge on any atom is -0.444 e. The summed E-state index contributed by atoms with van der Waals surface area (Å²) in [5, 5.41) is 14.7. The van der Waals surface area contributed by atoms with Gasteiger partial charge in [0.15, 0.2) is 5.82 Å². The molecule has 4 aromatic rings. The number of piperidine rings is 1. The van der Waals surface area contributed by atoms with Crippen molar-refractivity contribution in [2.75, 3.05) is 68.0 Å². The van der Waals surface area contributed by atoms with Crippen molar-refractivity contribution in [3.05, 3.63) is 82.9 Å². The highest BCUT2D eigenvalue weighted by Crippen LogP contribution is 2.30. The third-order valence-electron chi connectivity index (χ3n) is 10.3. The molecule has 3 N–H and O–H groups in total. The van der Waals surface area contributed by atoms with Gasteiger partial charge in [0.2, 0.25) is 0 Å². The molecule has 3 aromatic carbocycles. The number of aromatic amines is 1. The van der Waals surface area contributed by atoms with E-state index in [1.165, 1.54) is 12.1 Å². The molecule has 4 heterocycles. The number of piperazine rings is 1. The quantitative estimate of drug-likeness (QED) is 0.182. The van der Waals surface area contributed by atoms with Gasteiger partial charge in [0.25, 0.3) is 5.91 Å². The van der Waals surface area contributed by atoms with Crippen LogP contribution in [0, 0.1) is 11.6 Å². The van der Waals surface area contributed by atoms with Crippen LogP contribution in [0.5, 0.6) is 0 Å². The molecular weight excluding hydrogens is 680 g/mol. The van der Waals surface area contributed by atoms with Crippen LogP contribution in [-0.2, 0) is 15.9 Å². The fraction of sp³-hybridized carbons (Fsp3) is 0.475. The second-order valence-electron chi connectivity index (χ2n) is 15.3. The lowest BCUT2D eigenvalue weighted by Gasteiger charge is -2.43. The first-order valence-corrected chi connectivity index (χ1v) is 18.7. The highest BCUT2D eigenvalue weighted by atomic mass is 19.1. The van der Waals surface area contributed by atoms with Crippen molar-refractivity contribution in [3.8, 4) is 0 Å². The number of benzene rings is 3. The molecule has 0 radical (unpaired) electrons. The summed E-state index contributed by atoms with van der Waals surface area (Å²) in [6.45, 7) is 12.0. The Morgan fingerprint density at radius 2 is 1.60 bits per heavy atom. The maximum Gasteiger partial charge on any atom is 0.410 e. The van der Waals surface area contributed by atoms with E-state index in [0.717, 1.165) is 80.4 Å². The van der Waals surface area contributed by atoms with E-state index in [9.17, 15) is 18.4 Å². The van der Waals surface area contributed by atoms with Crippen LogP contribution in [-0.4, -0.2) is 102 Å². The van der Waals surface area contributed by atoms with Crippen LogP contribution in [0.4, 0.5) is 30.8 Å². The molecule has 0 saturated carbocycles. The molecule has 53 heavy (non-hydrogen) atoms. The fourth-order valence-electron chi connectivity index (χ4n) is 7.58. The zero-order chi connectivity index (χ0) is 37.1. The number of aromatic nitrogens is 2. The largest absolute Gasteiger partial charge is 0.444 e. The molecule has 0 aliphatic carbocycles. The van der Waals surface area contributed by atoms with Gasteiger partial charge in [-0.15, -0.1) is 0 Å². The van der Waals surface area contributed by atoms with Crippen LogP contribution < -0.4 is 15.5 Å². The van der Waals surface area contributed by atoms with E-state index >= 15 is 0 Å². The standard InChI is InChI=1S/C40H49F2N7O4/c1-40(2,3)53-39(51)49-12-8-31(9-13-49)47-14-16-48(17-15-47)32-5-6-33(36(25-32)43-30-10-18-52-19-11-30)38(50)44-37-34-23-26(4-7-35(34)45-46-37)20-27-21-28(41)24-29(42)22-27/h4-7,21-25,30-31,43H,8-20H2,1-3H3,(H2,44,45,46,50). The van der Waals surface area contributed by atoms with E-state index in [0.29, 0.717) is 61.1 Å². The van der Waals surface area contributed by atoms with Crippen LogP contribution in [0.15, 0.2) is 54.6 Å². The number of ether oxygens (including phenoxy) is 2. The summed E-state index contributed by atoms with van der Waals surface area (Å²) in [4.78, 5) is 33.2. The Kier molecular flexibility index (Phi) is 10.8. The smallest absolute Gasteiger partial charge is 0.410 e. The molecule has 3 fully saturated rings. The van der Waals surface area contributed by atoms with Gasteiger partial charge in [0.1, 0.15) is 17.2 Å². The minimum atomic E-state index is -0.621. The predicted molar refractivity (Wildman–Crippen MR) is 202 cm³/mol. The first-order valence-electron chi connectivity index (χ1n) is 18.7. The van der Waals surface area contributed by atoms with Gasteiger partial charge in [0.05, 0.1) is 11.1 Å². The van der Waals surface area contributed by atoms with Crippen LogP contribution in [0.2, 0.25) is 0 Å². The third-order valence-corrected chi connectivity index (χ3v) is 10.3. The summed E-state index contributed by atoms with van der Waals surface area (Å²) in [6.07, 6.45) is 3.65. The Balaban J connectivity index is 1.03. The Hall–Kier alpha value is -4.75. The minimum absolute atomic E-state index is 0.176. The average Bonchev–Trinajstić information content (AvgIpc) is 3.52. The Bertz CT molecular complexity index is 1900. The number of anilines is 3. The SMILES string of the molecule is CC(C)(C)OC(=O)N1CCC(N2CCN(c3ccc(C(=O)Nc4n[nH]c5ccc(Cc6cc(F)cc(F)c6)cc45)c(NC4CCOCC4)c3)CC2)CC1. The summed E-state index contributed by atoms with van der Waals surface area (Å²) in [6, 6.07) is 15.7. The van der Waals surface area contributed by atoms with Crippen molar-refractivity contribution in [2.24, 2.45) is 0 Å². The zero-order valence-electron chi connectivity index (χ0n) is 30.7. The highest BCUT2D eigenvalue weighted by molar-refractivity contribution is 6.11. The molecule has 0 unspecified atom stereocenters. The molecule has 2 amide bonds. The van der Waals surface area contributed by atoms with Crippen LogP contribution in [0.3, 0.4) is 0 Å². The molecule has 3 aliphatic rings. The number of likely N-dealkylation sites (tertiary alicyclic amines) is 1. The fourth-order valence-corrected chi connectivity index (χ4v) is 7.58. The number of rotatable bonds is 8. The van der Waals surface area contributed by atoms with Gasteiger partial charge in [-0.3, -0.25) is 14.8 Å². The molecule has 282 valence electrons. The van der Waals surface area contributed by atoms with Crippen molar-refractivity contribution in [2.45, 2.75) is 70.6 Å². The lowest BCUT2D eigenvalue weighted by molar-refractivity contribution is 0.0140. The van der Waals surface area contributed by atoms with Crippen LogP contribution >= 0.6 is 0 Å². The van der Waals surface area contributed by atoms with Gasteiger partial charge in [0, 0.05) is 87.4 Å².